The van der Waals surface area contributed by atoms with Gasteiger partial charge in [-0.25, -0.2) is 4.98 Å². The highest BCUT2D eigenvalue weighted by Crippen LogP contribution is 2.31. The molecule has 1 aliphatic heterocycles. The maximum absolute atomic E-state index is 11.2. The summed E-state index contributed by atoms with van der Waals surface area (Å²) in [6.07, 6.45) is 1.37. The van der Waals surface area contributed by atoms with Crippen LogP contribution in [0.1, 0.15) is 23.5 Å². The molecule has 0 aliphatic carbocycles. The summed E-state index contributed by atoms with van der Waals surface area (Å²) in [5.74, 6) is 0.807. The summed E-state index contributed by atoms with van der Waals surface area (Å²) in [4.78, 5) is 16.0. The third-order valence-corrected chi connectivity index (χ3v) is 4.44. The highest BCUT2D eigenvalue weighted by Gasteiger charge is 2.27. The van der Waals surface area contributed by atoms with Crippen LogP contribution in [0.15, 0.2) is 18.2 Å². The summed E-state index contributed by atoms with van der Waals surface area (Å²) >= 11 is 0. The summed E-state index contributed by atoms with van der Waals surface area (Å²) in [5, 5.41) is 9.22. The van der Waals surface area contributed by atoms with E-state index in [4.69, 9.17) is 9.72 Å². The van der Waals surface area contributed by atoms with Crippen molar-refractivity contribution in [3.8, 4) is 17.0 Å². The number of ether oxygens (including phenoxy) is 1. The molecule has 116 valence electrons. The van der Waals surface area contributed by atoms with Crippen LogP contribution in [0.5, 0.6) is 5.75 Å². The minimum Gasteiger partial charge on any atom is -0.496 e. The molecule has 5 nitrogen and oxygen atoms in total. The van der Waals surface area contributed by atoms with Gasteiger partial charge in [-0.05, 0) is 44.0 Å². The van der Waals surface area contributed by atoms with E-state index in [-0.39, 0.29) is 5.92 Å². The number of fused-ring (bicyclic) bond motifs is 1. The summed E-state index contributed by atoms with van der Waals surface area (Å²) in [6.45, 7) is 4.53. The zero-order valence-corrected chi connectivity index (χ0v) is 13.1. The van der Waals surface area contributed by atoms with Gasteiger partial charge in [-0.15, -0.1) is 0 Å². The molecule has 1 aromatic carbocycles. The minimum absolute atomic E-state index is 0.314. The van der Waals surface area contributed by atoms with Crippen molar-refractivity contribution in [2.75, 3.05) is 7.11 Å². The van der Waals surface area contributed by atoms with Gasteiger partial charge in [0, 0.05) is 24.2 Å². The number of rotatable bonds is 3. The van der Waals surface area contributed by atoms with Gasteiger partial charge in [0.2, 0.25) is 0 Å². The number of hydrogen-bond donors (Lipinski definition) is 1. The lowest BCUT2D eigenvalue weighted by Gasteiger charge is -2.21. The Morgan fingerprint density at radius 3 is 2.82 bits per heavy atom. The molecule has 1 atom stereocenters. The monoisotopic (exact) mass is 300 g/mol. The van der Waals surface area contributed by atoms with Crippen LogP contribution in [0.25, 0.3) is 11.3 Å². The van der Waals surface area contributed by atoms with E-state index < -0.39 is 5.97 Å². The second kappa shape index (κ2) is 5.48. The predicted molar refractivity (Wildman–Crippen MR) is 83.1 cm³/mol. The second-order valence-electron chi connectivity index (χ2n) is 5.83. The molecule has 0 spiro atoms. The zero-order valence-electron chi connectivity index (χ0n) is 13.1. The highest BCUT2D eigenvalue weighted by atomic mass is 16.5. The Kier molecular flexibility index (Phi) is 3.64. The van der Waals surface area contributed by atoms with Crippen molar-refractivity contribution in [1.82, 2.24) is 9.55 Å². The maximum atomic E-state index is 11.2. The quantitative estimate of drug-likeness (QED) is 0.946. The van der Waals surface area contributed by atoms with Crippen molar-refractivity contribution in [2.45, 2.75) is 33.2 Å². The Bertz CT molecular complexity index is 734. The summed E-state index contributed by atoms with van der Waals surface area (Å²) in [7, 11) is 1.66. The number of carboxylic acids is 1. The first-order valence-electron chi connectivity index (χ1n) is 7.45. The van der Waals surface area contributed by atoms with E-state index in [9.17, 15) is 9.90 Å². The molecule has 1 unspecified atom stereocenters. The molecule has 2 heterocycles. The Morgan fingerprint density at radius 1 is 1.41 bits per heavy atom. The van der Waals surface area contributed by atoms with Crippen LogP contribution >= 0.6 is 0 Å². The minimum atomic E-state index is -0.722. The average Bonchev–Trinajstić information content (AvgIpc) is 2.84. The number of nitrogens with zero attached hydrogens (tertiary/aromatic N) is 2. The normalized spacial score (nSPS) is 17.1. The summed E-state index contributed by atoms with van der Waals surface area (Å²) < 4.78 is 7.35. The molecule has 0 saturated carbocycles. The number of hydrogen-bond acceptors (Lipinski definition) is 3. The molecule has 3 rings (SSSR count). The second-order valence-corrected chi connectivity index (χ2v) is 5.83. The van der Waals surface area contributed by atoms with Crippen molar-refractivity contribution in [1.29, 1.82) is 0 Å². The van der Waals surface area contributed by atoms with Gasteiger partial charge in [-0.1, -0.05) is 0 Å². The van der Waals surface area contributed by atoms with E-state index >= 15 is 0 Å². The predicted octanol–water partition coefficient (Wildman–Crippen LogP) is 2.82. The van der Waals surface area contributed by atoms with Crippen molar-refractivity contribution in [3.05, 3.63) is 35.3 Å². The maximum Gasteiger partial charge on any atom is 0.308 e. The Balaban J connectivity index is 2.00. The fraction of sp³-hybridized carbons (Fsp3) is 0.412. The van der Waals surface area contributed by atoms with Crippen molar-refractivity contribution in [3.63, 3.8) is 0 Å². The van der Waals surface area contributed by atoms with Crippen LogP contribution in [-0.4, -0.2) is 27.7 Å². The van der Waals surface area contributed by atoms with Crippen LogP contribution in [0, 0.1) is 19.8 Å². The molecular weight excluding hydrogens is 280 g/mol. The largest absolute Gasteiger partial charge is 0.496 e. The van der Waals surface area contributed by atoms with Crippen LogP contribution < -0.4 is 4.74 Å². The van der Waals surface area contributed by atoms with Gasteiger partial charge in [0.05, 0.1) is 18.7 Å². The van der Waals surface area contributed by atoms with Gasteiger partial charge in [0.1, 0.15) is 11.6 Å². The molecule has 0 fully saturated rings. The van der Waals surface area contributed by atoms with Crippen LogP contribution in [0.3, 0.4) is 0 Å². The van der Waals surface area contributed by atoms with Gasteiger partial charge in [0.15, 0.2) is 0 Å². The van der Waals surface area contributed by atoms with Crippen LogP contribution in [0.2, 0.25) is 0 Å². The fourth-order valence-electron chi connectivity index (χ4n) is 3.14. The lowest BCUT2D eigenvalue weighted by atomic mass is 9.99. The Hall–Kier alpha value is -2.30. The molecule has 0 amide bonds. The lowest BCUT2D eigenvalue weighted by molar-refractivity contribution is -0.142. The molecule has 1 aromatic heterocycles. The van der Waals surface area contributed by atoms with E-state index in [0.29, 0.717) is 19.4 Å². The number of aryl methyl sites for hydroxylation is 2. The SMILES string of the molecule is COc1ccc(-c2nc3n(c2C)CC(C(=O)O)CC3)cc1C. The van der Waals surface area contributed by atoms with Gasteiger partial charge in [-0.2, -0.15) is 0 Å². The van der Waals surface area contributed by atoms with E-state index in [0.717, 1.165) is 34.1 Å². The van der Waals surface area contributed by atoms with Gasteiger partial charge >= 0.3 is 5.97 Å². The van der Waals surface area contributed by atoms with Crippen LogP contribution in [-0.2, 0) is 17.8 Å². The number of carboxylic acid groups (broad SMARTS) is 1. The van der Waals surface area contributed by atoms with E-state index in [2.05, 4.69) is 10.6 Å². The standard InChI is InChI=1S/C17H20N2O3/c1-10-8-12(4-6-14(10)22-3)16-11(2)19-9-13(17(20)21)5-7-15(19)18-16/h4,6,8,13H,5,7,9H2,1-3H3,(H,20,21). The molecule has 0 radical (unpaired) electrons. The number of benzene rings is 1. The van der Waals surface area contributed by atoms with E-state index in [1.807, 2.05) is 26.0 Å². The van der Waals surface area contributed by atoms with E-state index in [1.165, 1.54) is 0 Å². The average molecular weight is 300 g/mol. The van der Waals surface area contributed by atoms with Crippen molar-refractivity contribution < 1.29 is 14.6 Å². The molecule has 1 aliphatic rings. The number of methoxy groups -OCH3 is 1. The molecule has 0 bridgehead atoms. The molecule has 0 saturated heterocycles. The topological polar surface area (TPSA) is 64.4 Å². The lowest BCUT2D eigenvalue weighted by Crippen LogP contribution is -2.27. The highest BCUT2D eigenvalue weighted by molar-refractivity contribution is 5.70. The molecule has 22 heavy (non-hydrogen) atoms. The number of carbonyl (C=O) groups is 1. The summed E-state index contributed by atoms with van der Waals surface area (Å²) in [5.41, 5.74) is 4.08. The number of imidazole rings is 1. The smallest absolute Gasteiger partial charge is 0.308 e. The molecule has 5 heteroatoms. The number of aliphatic carboxylic acids is 1. The van der Waals surface area contributed by atoms with Crippen molar-refractivity contribution >= 4 is 5.97 Å². The first kappa shape index (κ1) is 14.6. The fourth-order valence-corrected chi connectivity index (χ4v) is 3.14. The van der Waals surface area contributed by atoms with Crippen molar-refractivity contribution in [2.24, 2.45) is 5.92 Å². The number of aromatic nitrogens is 2. The first-order valence-corrected chi connectivity index (χ1v) is 7.45. The molecule has 1 N–H and O–H groups in total. The van der Waals surface area contributed by atoms with Gasteiger partial charge in [-0.3, -0.25) is 4.79 Å². The van der Waals surface area contributed by atoms with Gasteiger partial charge < -0.3 is 14.4 Å². The van der Waals surface area contributed by atoms with Gasteiger partial charge in [0.25, 0.3) is 0 Å². The Labute approximate surface area is 129 Å². The molecular formula is C17H20N2O3. The molecule has 2 aromatic rings. The third-order valence-electron chi connectivity index (χ3n) is 4.44. The van der Waals surface area contributed by atoms with E-state index in [1.54, 1.807) is 7.11 Å². The van der Waals surface area contributed by atoms with Crippen LogP contribution in [0.4, 0.5) is 0 Å². The first-order chi connectivity index (χ1) is 10.5. The third kappa shape index (κ3) is 2.36. The summed E-state index contributed by atoms with van der Waals surface area (Å²) in [6, 6.07) is 6.01. The zero-order chi connectivity index (χ0) is 15.9. The Morgan fingerprint density at radius 2 is 2.18 bits per heavy atom.